The van der Waals surface area contributed by atoms with E-state index in [0.29, 0.717) is 5.82 Å². The average Bonchev–Trinajstić information content (AvgIpc) is 2.82. The topological polar surface area (TPSA) is 48.9 Å². The van der Waals surface area contributed by atoms with Gasteiger partial charge in [-0.15, -0.1) is 0 Å². The number of nitrogens with zero attached hydrogens (tertiary/aromatic N) is 1. The van der Waals surface area contributed by atoms with E-state index >= 15 is 0 Å². The Labute approximate surface area is 107 Å². The normalized spacial score (nSPS) is 17.8. The minimum Gasteiger partial charge on any atom is -0.385 e. The zero-order chi connectivity index (χ0) is 12.5. The lowest BCUT2D eigenvalue weighted by molar-refractivity contribution is 0.190. The van der Waals surface area contributed by atoms with Crippen molar-refractivity contribution in [2.75, 3.05) is 0 Å². The highest BCUT2D eigenvalue weighted by Crippen LogP contribution is 2.28. The quantitative estimate of drug-likeness (QED) is 0.845. The van der Waals surface area contributed by atoms with Gasteiger partial charge in [-0.3, -0.25) is 0 Å². The maximum absolute atomic E-state index is 9.54. The highest BCUT2D eigenvalue weighted by Gasteiger charge is 2.10. The standard InChI is InChI=1S/C15H18N2O/c1-10(18)15-16-13-8-7-12(9-14(13)17-15)11-5-3-2-4-6-11/h5,7-10,18H,2-4,6H2,1H3,(H,16,17)/t10-/m1/s1. The van der Waals surface area contributed by atoms with Crippen molar-refractivity contribution >= 4 is 16.6 Å². The van der Waals surface area contributed by atoms with Crippen molar-refractivity contribution in [1.82, 2.24) is 9.97 Å². The monoisotopic (exact) mass is 242 g/mol. The molecule has 18 heavy (non-hydrogen) atoms. The van der Waals surface area contributed by atoms with Crippen molar-refractivity contribution < 1.29 is 5.11 Å². The van der Waals surface area contributed by atoms with Crippen molar-refractivity contribution in [2.45, 2.75) is 38.7 Å². The number of aromatic amines is 1. The largest absolute Gasteiger partial charge is 0.385 e. The lowest BCUT2D eigenvalue weighted by atomic mass is 9.93. The van der Waals surface area contributed by atoms with E-state index in [1.54, 1.807) is 6.92 Å². The Balaban J connectivity index is 2.02. The molecule has 3 heteroatoms. The number of aromatic nitrogens is 2. The van der Waals surface area contributed by atoms with Gasteiger partial charge in [0.2, 0.25) is 0 Å². The Bertz CT molecular complexity index is 596. The van der Waals surface area contributed by atoms with Gasteiger partial charge in [0.15, 0.2) is 0 Å². The fourth-order valence-electron chi connectivity index (χ4n) is 2.53. The lowest BCUT2D eigenvalue weighted by Gasteiger charge is -2.12. The van der Waals surface area contributed by atoms with Crippen molar-refractivity contribution in [3.05, 3.63) is 35.7 Å². The van der Waals surface area contributed by atoms with Crippen LogP contribution in [0, 0.1) is 0 Å². The van der Waals surface area contributed by atoms with Crippen LogP contribution in [0.2, 0.25) is 0 Å². The van der Waals surface area contributed by atoms with Gasteiger partial charge in [0.05, 0.1) is 11.0 Å². The molecule has 3 rings (SSSR count). The summed E-state index contributed by atoms with van der Waals surface area (Å²) in [7, 11) is 0. The Kier molecular flexibility index (Phi) is 2.92. The number of nitrogens with one attached hydrogen (secondary N) is 1. The molecule has 0 fully saturated rings. The van der Waals surface area contributed by atoms with Crippen LogP contribution in [0.3, 0.4) is 0 Å². The molecule has 0 bridgehead atoms. The highest BCUT2D eigenvalue weighted by molar-refractivity contribution is 5.81. The molecule has 2 N–H and O–H groups in total. The smallest absolute Gasteiger partial charge is 0.135 e. The molecule has 0 amide bonds. The third kappa shape index (κ3) is 2.06. The van der Waals surface area contributed by atoms with Crippen LogP contribution in [0.1, 0.15) is 50.1 Å². The molecule has 1 aliphatic carbocycles. The summed E-state index contributed by atoms with van der Waals surface area (Å²) in [5.41, 5.74) is 4.65. The van der Waals surface area contributed by atoms with E-state index in [1.807, 2.05) is 6.07 Å². The van der Waals surface area contributed by atoms with E-state index in [1.165, 1.54) is 36.8 Å². The zero-order valence-electron chi connectivity index (χ0n) is 10.6. The molecule has 1 atom stereocenters. The van der Waals surface area contributed by atoms with E-state index < -0.39 is 6.10 Å². The van der Waals surface area contributed by atoms with Gasteiger partial charge in [-0.2, -0.15) is 0 Å². The molecule has 0 spiro atoms. The minimum absolute atomic E-state index is 0.547. The molecule has 0 unspecified atom stereocenters. The number of fused-ring (bicyclic) bond motifs is 1. The summed E-state index contributed by atoms with van der Waals surface area (Å²) in [6.45, 7) is 1.72. The van der Waals surface area contributed by atoms with Crippen LogP contribution < -0.4 is 0 Å². The van der Waals surface area contributed by atoms with E-state index in [2.05, 4.69) is 28.2 Å². The summed E-state index contributed by atoms with van der Waals surface area (Å²) < 4.78 is 0. The van der Waals surface area contributed by atoms with Crippen LogP contribution in [-0.2, 0) is 0 Å². The third-order valence-corrected chi connectivity index (χ3v) is 3.56. The number of imidazole rings is 1. The number of hydrogen-bond acceptors (Lipinski definition) is 2. The van der Waals surface area contributed by atoms with Crippen LogP contribution in [0.5, 0.6) is 0 Å². The van der Waals surface area contributed by atoms with Crippen LogP contribution >= 0.6 is 0 Å². The number of benzene rings is 1. The van der Waals surface area contributed by atoms with Crippen molar-refractivity contribution in [1.29, 1.82) is 0 Å². The van der Waals surface area contributed by atoms with Crippen LogP contribution in [0.15, 0.2) is 24.3 Å². The number of aliphatic hydroxyl groups is 1. The Morgan fingerprint density at radius 3 is 2.94 bits per heavy atom. The number of hydrogen-bond donors (Lipinski definition) is 2. The summed E-state index contributed by atoms with van der Waals surface area (Å²) in [4.78, 5) is 7.56. The molecule has 1 aliphatic rings. The van der Waals surface area contributed by atoms with Gasteiger partial charge in [-0.1, -0.05) is 12.1 Å². The molecule has 94 valence electrons. The first kappa shape index (κ1) is 11.5. The first-order valence-electron chi connectivity index (χ1n) is 6.61. The number of H-pyrrole nitrogens is 1. The molecule has 0 aliphatic heterocycles. The highest BCUT2D eigenvalue weighted by atomic mass is 16.3. The second-order valence-electron chi connectivity index (χ2n) is 5.01. The molecular formula is C15H18N2O. The summed E-state index contributed by atoms with van der Waals surface area (Å²) in [6, 6.07) is 6.31. The van der Waals surface area contributed by atoms with Crippen LogP contribution in [0.4, 0.5) is 0 Å². The molecule has 2 aromatic rings. The molecule has 0 radical (unpaired) electrons. The second-order valence-corrected chi connectivity index (χ2v) is 5.01. The predicted molar refractivity (Wildman–Crippen MR) is 73.2 cm³/mol. The summed E-state index contributed by atoms with van der Waals surface area (Å²) in [6.07, 6.45) is 6.75. The van der Waals surface area contributed by atoms with Gasteiger partial charge >= 0.3 is 0 Å². The molecule has 0 saturated heterocycles. The number of allylic oxidation sites excluding steroid dienone is 2. The first-order valence-corrected chi connectivity index (χ1v) is 6.61. The van der Waals surface area contributed by atoms with Gasteiger partial charge in [-0.05, 0) is 55.9 Å². The second kappa shape index (κ2) is 4.58. The molecule has 0 saturated carbocycles. The maximum Gasteiger partial charge on any atom is 0.135 e. The van der Waals surface area contributed by atoms with E-state index in [9.17, 15) is 5.11 Å². The van der Waals surface area contributed by atoms with E-state index in [-0.39, 0.29) is 0 Å². The van der Waals surface area contributed by atoms with Crippen LogP contribution in [-0.4, -0.2) is 15.1 Å². The summed E-state index contributed by atoms with van der Waals surface area (Å²) in [5, 5.41) is 9.54. The van der Waals surface area contributed by atoms with Gasteiger partial charge in [-0.25, -0.2) is 4.98 Å². The fourth-order valence-corrected chi connectivity index (χ4v) is 2.53. The van der Waals surface area contributed by atoms with Crippen molar-refractivity contribution in [3.63, 3.8) is 0 Å². The maximum atomic E-state index is 9.54. The zero-order valence-corrected chi connectivity index (χ0v) is 10.6. The first-order chi connectivity index (χ1) is 8.74. The Hall–Kier alpha value is -1.61. The van der Waals surface area contributed by atoms with Gasteiger partial charge < -0.3 is 10.1 Å². The molecule has 1 heterocycles. The minimum atomic E-state index is -0.547. The van der Waals surface area contributed by atoms with Crippen LogP contribution in [0.25, 0.3) is 16.6 Å². The molecular weight excluding hydrogens is 224 g/mol. The third-order valence-electron chi connectivity index (χ3n) is 3.56. The number of rotatable bonds is 2. The average molecular weight is 242 g/mol. The van der Waals surface area contributed by atoms with Gasteiger partial charge in [0.1, 0.15) is 11.9 Å². The summed E-state index contributed by atoms with van der Waals surface area (Å²) >= 11 is 0. The van der Waals surface area contributed by atoms with E-state index in [0.717, 1.165) is 11.0 Å². The van der Waals surface area contributed by atoms with Gasteiger partial charge in [0, 0.05) is 0 Å². The number of aliphatic hydroxyl groups excluding tert-OH is 1. The Morgan fingerprint density at radius 2 is 2.22 bits per heavy atom. The lowest BCUT2D eigenvalue weighted by Crippen LogP contribution is -1.92. The SMILES string of the molecule is C[C@@H](O)c1nc2ccc(C3=CCCCC3)cc2[nH]1. The van der Waals surface area contributed by atoms with Crippen molar-refractivity contribution in [2.24, 2.45) is 0 Å². The Morgan fingerprint density at radius 1 is 1.33 bits per heavy atom. The van der Waals surface area contributed by atoms with E-state index in [4.69, 9.17) is 0 Å². The summed E-state index contributed by atoms with van der Waals surface area (Å²) in [5.74, 6) is 0.639. The predicted octanol–water partition coefficient (Wildman–Crippen LogP) is 3.57. The van der Waals surface area contributed by atoms with Crippen molar-refractivity contribution in [3.8, 4) is 0 Å². The van der Waals surface area contributed by atoms with Gasteiger partial charge in [0.25, 0.3) is 0 Å². The molecule has 3 nitrogen and oxygen atoms in total. The fraction of sp³-hybridized carbons (Fsp3) is 0.400. The molecule has 1 aromatic heterocycles. The molecule has 1 aromatic carbocycles.